The quantitative estimate of drug-likeness (QED) is 0.558. The molecule has 0 aliphatic carbocycles. The van der Waals surface area contributed by atoms with Gasteiger partial charge in [-0.1, -0.05) is 42.5 Å². The van der Waals surface area contributed by atoms with Gasteiger partial charge in [0, 0.05) is 5.56 Å². The summed E-state index contributed by atoms with van der Waals surface area (Å²) in [6.07, 6.45) is 1.76. The fourth-order valence-electron chi connectivity index (χ4n) is 1.89. The van der Waals surface area contributed by atoms with E-state index in [1.165, 1.54) is 10.1 Å². The number of hydrogen-bond donors (Lipinski definition) is 2. The lowest BCUT2D eigenvalue weighted by Crippen LogP contribution is -1.91. The van der Waals surface area contributed by atoms with E-state index >= 15 is 0 Å². The van der Waals surface area contributed by atoms with E-state index in [1.54, 1.807) is 6.21 Å². The minimum absolute atomic E-state index is 0.446. The molecule has 0 spiro atoms. The number of hydrogen-bond acceptors (Lipinski definition) is 3. The first-order chi connectivity index (χ1) is 9.25. The molecule has 6 heteroatoms. The van der Waals surface area contributed by atoms with Crippen LogP contribution >= 0.6 is 24.4 Å². The third-order valence-electron chi connectivity index (χ3n) is 2.80. The number of benzene rings is 2. The first kappa shape index (κ1) is 12.0. The van der Waals surface area contributed by atoms with Crippen molar-refractivity contribution in [3.8, 4) is 0 Å². The summed E-state index contributed by atoms with van der Waals surface area (Å²) in [5, 5.41) is 12.1. The van der Waals surface area contributed by atoms with Gasteiger partial charge in [-0.05, 0) is 35.2 Å². The van der Waals surface area contributed by atoms with Crippen LogP contribution < -0.4 is 0 Å². The van der Waals surface area contributed by atoms with E-state index in [0.717, 1.165) is 10.9 Å². The molecule has 3 rings (SSSR count). The zero-order valence-electron chi connectivity index (χ0n) is 9.83. The summed E-state index contributed by atoms with van der Waals surface area (Å²) in [7, 11) is 0. The van der Waals surface area contributed by atoms with Gasteiger partial charge in [-0.2, -0.15) is 9.78 Å². The Hall–Kier alpha value is -2.05. The average Bonchev–Trinajstić information content (AvgIpc) is 2.76. The minimum Gasteiger partial charge on any atom is -0.273 e. The molecule has 0 saturated carbocycles. The molecular weight excluding hydrogens is 276 g/mol. The van der Waals surface area contributed by atoms with E-state index in [2.05, 4.69) is 33.5 Å². The molecule has 3 aromatic rings. The molecule has 2 aromatic carbocycles. The highest BCUT2D eigenvalue weighted by molar-refractivity contribution is 7.72. The summed E-state index contributed by atoms with van der Waals surface area (Å²) in [5.41, 5.74) is 1.02. The van der Waals surface area contributed by atoms with Crippen molar-refractivity contribution in [2.24, 2.45) is 5.10 Å². The van der Waals surface area contributed by atoms with Gasteiger partial charge in [-0.15, -0.1) is 0 Å². The molecule has 0 fully saturated rings. The van der Waals surface area contributed by atoms with Crippen LogP contribution in [0.3, 0.4) is 0 Å². The van der Waals surface area contributed by atoms with E-state index in [0.29, 0.717) is 9.54 Å². The standard InChI is InChI=1S/C13H10N4S2/c18-12-15-16-13(19)17(12)14-8-10-6-3-5-9-4-1-2-7-11(9)10/h1-8H,(H,15,18)(H,16,19)/b14-8-. The molecule has 0 bridgehead atoms. The molecule has 0 radical (unpaired) electrons. The maximum absolute atomic E-state index is 5.08. The van der Waals surface area contributed by atoms with Crippen molar-refractivity contribution in [3.63, 3.8) is 0 Å². The topological polar surface area (TPSA) is 48.9 Å². The van der Waals surface area contributed by atoms with E-state index in [4.69, 9.17) is 24.4 Å². The Morgan fingerprint density at radius 1 is 0.947 bits per heavy atom. The Balaban J connectivity index is 2.12. The summed E-state index contributed by atoms with van der Waals surface area (Å²) >= 11 is 10.2. The van der Waals surface area contributed by atoms with Gasteiger partial charge in [-0.25, -0.2) is 0 Å². The number of H-pyrrole nitrogens is 2. The van der Waals surface area contributed by atoms with Crippen molar-refractivity contribution < 1.29 is 0 Å². The predicted octanol–water partition coefficient (Wildman–Crippen LogP) is 3.64. The van der Waals surface area contributed by atoms with Crippen LogP contribution in [-0.4, -0.2) is 21.1 Å². The lowest BCUT2D eigenvalue weighted by molar-refractivity contribution is 0.849. The van der Waals surface area contributed by atoms with Gasteiger partial charge in [0.1, 0.15) is 0 Å². The minimum atomic E-state index is 0.446. The highest BCUT2D eigenvalue weighted by atomic mass is 32.1. The number of fused-ring (bicyclic) bond motifs is 1. The van der Waals surface area contributed by atoms with Crippen LogP contribution in [0.2, 0.25) is 0 Å². The zero-order chi connectivity index (χ0) is 13.2. The van der Waals surface area contributed by atoms with E-state index < -0.39 is 0 Å². The molecule has 94 valence electrons. The van der Waals surface area contributed by atoms with Crippen LogP contribution in [0.1, 0.15) is 5.56 Å². The lowest BCUT2D eigenvalue weighted by atomic mass is 10.1. The summed E-state index contributed by atoms with van der Waals surface area (Å²) in [6.45, 7) is 0. The maximum atomic E-state index is 5.08. The fourth-order valence-corrected chi connectivity index (χ4v) is 2.33. The van der Waals surface area contributed by atoms with Gasteiger partial charge in [0.15, 0.2) is 0 Å². The molecule has 0 amide bonds. The van der Waals surface area contributed by atoms with Gasteiger partial charge in [0.2, 0.25) is 9.54 Å². The normalized spacial score (nSPS) is 11.4. The van der Waals surface area contributed by atoms with Crippen molar-refractivity contribution in [1.29, 1.82) is 0 Å². The monoisotopic (exact) mass is 286 g/mol. The highest BCUT2D eigenvalue weighted by Gasteiger charge is 1.98. The molecule has 0 saturated heterocycles. The van der Waals surface area contributed by atoms with Crippen LogP contribution in [0.4, 0.5) is 0 Å². The fraction of sp³-hybridized carbons (Fsp3) is 0. The largest absolute Gasteiger partial charge is 0.273 e. The van der Waals surface area contributed by atoms with Crippen LogP contribution in [0.15, 0.2) is 47.6 Å². The molecule has 0 atom stereocenters. The second-order valence-electron chi connectivity index (χ2n) is 3.99. The summed E-state index contributed by atoms with van der Waals surface area (Å²) in [6, 6.07) is 14.2. The first-order valence-electron chi connectivity index (χ1n) is 5.67. The van der Waals surface area contributed by atoms with Gasteiger partial charge < -0.3 is 0 Å². The molecule has 1 aromatic heterocycles. The van der Waals surface area contributed by atoms with Gasteiger partial charge in [0.25, 0.3) is 0 Å². The number of aromatic nitrogens is 3. The lowest BCUT2D eigenvalue weighted by Gasteiger charge is -2.00. The Labute approximate surface area is 119 Å². The SMILES string of the molecule is S=c1[nH][nH]c(=S)n1/N=C\c1cccc2ccccc12. The van der Waals surface area contributed by atoms with Crippen molar-refractivity contribution >= 4 is 41.4 Å². The average molecular weight is 286 g/mol. The molecule has 0 aliphatic rings. The van der Waals surface area contributed by atoms with Crippen LogP contribution in [-0.2, 0) is 0 Å². The molecule has 2 N–H and O–H groups in total. The number of rotatable bonds is 2. The zero-order valence-corrected chi connectivity index (χ0v) is 11.5. The predicted molar refractivity (Wildman–Crippen MR) is 81.7 cm³/mol. The number of aromatic amines is 2. The summed E-state index contributed by atoms with van der Waals surface area (Å²) in [4.78, 5) is 0. The molecule has 19 heavy (non-hydrogen) atoms. The van der Waals surface area contributed by atoms with Crippen molar-refractivity contribution in [2.75, 3.05) is 0 Å². The molecule has 4 nitrogen and oxygen atoms in total. The van der Waals surface area contributed by atoms with Crippen molar-refractivity contribution in [2.45, 2.75) is 0 Å². The second-order valence-corrected chi connectivity index (χ2v) is 4.76. The Morgan fingerprint density at radius 2 is 1.63 bits per heavy atom. The van der Waals surface area contributed by atoms with Gasteiger partial charge in [-0.3, -0.25) is 10.2 Å². The van der Waals surface area contributed by atoms with Crippen LogP contribution in [0.5, 0.6) is 0 Å². The summed E-state index contributed by atoms with van der Waals surface area (Å²) in [5.74, 6) is 0. The van der Waals surface area contributed by atoms with Crippen molar-refractivity contribution in [3.05, 3.63) is 57.6 Å². The Bertz CT molecular complexity index is 837. The third-order valence-corrected chi connectivity index (χ3v) is 3.35. The van der Waals surface area contributed by atoms with Gasteiger partial charge in [0.05, 0.1) is 6.21 Å². The molecular formula is C13H10N4S2. The van der Waals surface area contributed by atoms with Crippen molar-refractivity contribution in [1.82, 2.24) is 14.9 Å². The van der Waals surface area contributed by atoms with Crippen LogP contribution in [0, 0.1) is 9.54 Å². The third kappa shape index (κ3) is 2.27. The summed E-state index contributed by atoms with van der Waals surface area (Å²) < 4.78 is 2.37. The van der Waals surface area contributed by atoms with E-state index in [9.17, 15) is 0 Å². The highest BCUT2D eigenvalue weighted by Crippen LogP contribution is 2.16. The van der Waals surface area contributed by atoms with E-state index in [1.807, 2.05) is 24.3 Å². The van der Waals surface area contributed by atoms with E-state index in [-0.39, 0.29) is 0 Å². The van der Waals surface area contributed by atoms with Crippen LogP contribution in [0.25, 0.3) is 10.8 Å². The number of nitrogens with one attached hydrogen (secondary N) is 2. The van der Waals surface area contributed by atoms with Gasteiger partial charge >= 0.3 is 0 Å². The first-order valence-corrected chi connectivity index (χ1v) is 6.49. The Kier molecular flexibility index (Phi) is 3.10. The number of nitrogens with zero attached hydrogens (tertiary/aromatic N) is 2. The maximum Gasteiger partial charge on any atom is 0.215 e. The molecule has 0 unspecified atom stereocenters. The smallest absolute Gasteiger partial charge is 0.215 e. The molecule has 1 heterocycles. The Morgan fingerprint density at radius 3 is 2.42 bits per heavy atom. The molecule has 0 aliphatic heterocycles. The second kappa shape index (κ2) is 4.91.